The molecule has 3 atom stereocenters. The Hall–Kier alpha value is -2.14. The van der Waals surface area contributed by atoms with Gasteiger partial charge in [-0.2, -0.15) is 11.8 Å². The van der Waals surface area contributed by atoms with Crippen molar-refractivity contribution >= 4 is 41.7 Å². The zero-order valence-electron chi connectivity index (χ0n) is 14.5. The molecule has 11 heteroatoms. The predicted octanol–water partition coefficient (Wildman–Crippen LogP) is -1.72. The van der Waals surface area contributed by atoms with E-state index in [2.05, 4.69) is 10.6 Å². The lowest BCUT2D eigenvalue weighted by Gasteiger charge is -2.22. The van der Waals surface area contributed by atoms with Crippen molar-refractivity contribution in [2.75, 3.05) is 12.0 Å². The van der Waals surface area contributed by atoms with Crippen LogP contribution in [0.5, 0.6) is 0 Å². The Morgan fingerprint density at radius 3 is 2.23 bits per heavy atom. The summed E-state index contributed by atoms with van der Waals surface area (Å²) in [5.41, 5.74) is 10.7. The largest absolute Gasteiger partial charge is 0.481 e. The number of carboxylic acid groups (broad SMARTS) is 1. The van der Waals surface area contributed by atoms with Crippen molar-refractivity contribution in [1.82, 2.24) is 10.6 Å². The molecule has 0 heterocycles. The predicted molar refractivity (Wildman–Crippen MR) is 95.8 cm³/mol. The zero-order valence-corrected chi connectivity index (χ0v) is 15.3. The van der Waals surface area contributed by atoms with Crippen LogP contribution < -0.4 is 22.1 Å². The van der Waals surface area contributed by atoms with Gasteiger partial charge in [0.2, 0.25) is 24.0 Å². The number of carbonyl (C=O) groups is 4. The van der Waals surface area contributed by atoms with Gasteiger partial charge in [-0.25, -0.2) is 0 Å². The van der Waals surface area contributed by atoms with Gasteiger partial charge in [-0.3, -0.25) is 24.0 Å². The smallest absolute Gasteiger partial charge is 0.303 e. The molecule has 0 aromatic carbocycles. The van der Waals surface area contributed by atoms with Crippen molar-refractivity contribution in [3.05, 3.63) is 0 Å². The number of carboxylic acids is 1. The molecule has 0 aromatic heterocycles. The molecule has 0 aliphatic heterocycles. The Labute approximate surface area is 155 Å². The third-order valence-corrected chi connectivity index (χ3v) is 4.03. The molecule has 0 aliphatic carbocycles. The number of thioether (sulfide) groups is 1. The molecule has 0 rings (SSSR count). The third kappa shape index (κ3) is 10.7. The van der Waals surface area contributed by atoms with Crippen LogP contribution in [0.25, 0.3) is 0 Å². The van der Waals surface area contributed by atoms with Crippen LogP contribution in [0.3, 0.4) is 0 Å². The molecular weight excluding hydrogens is 364 g/mol. The summed E-state index contributed by atoms with van der Waals surface area (Å²) in [4.78, 5) is 56.6. The standard InChI is InChI=1S/C15H25N4O6S/c1-26-7-6-11(19-14(24)10(16)3-4-12(17)21)15(25)18-9(8-20)2-5-13(22)23/h9-11H,2-7,16H2,1H3,(H2,17,21)(H,18,25)(H,19,24)(H,22,23)/t9-,10-,11-/m0/s1. The van der Waals surface area contributed by atoms with E-state index in [0.717, 1.165) is 0 Å². The van der Waals surface area contributed by atoms with E-state index in [1.807, 2.05) is 6.26 Å². The van der Waals surface area contributed by atoms with Crippen LogP contribution in [-0.2, 0) is 24.0 Å². The van der Waals surface area contributed by atoms with Crippen LogP contribution >= 0.6 is 11.8 Å². The van der Waals surface area contributed by atoms with Crippen LogP contribution in [0.15, 0.2) is 0 Å². The summed E-state index contributed by atoms with van der Waals surface area (Å²) in [5, 5.41) is 13.5. The van der Waals surface area contributed by atoms with Crippen LogP contribution in [-0.4, -0.2) is 65.2 Å². The molecule has 10 nitrogen and oxygen atoms in total. The lowest BCUT2D eigenvalue weighted by molar-refractivity contribution is -0.137. The first-order valence-electron chi connectivity index (χ1n) is 7.94. The molecule has 0 aromatic rings. The summed E-state index contributed by atoms with van der Waals surface area (Å²) in [5.74, 6) is -2.39. The van der Waals surface area contributed by atoms with Crippen molar-refractivity contribution in [2.45, 2.75) is 50.2 Å². The molecule has 147 valence electrons. The van der Waals surface area contributed by atoms with Gasteiger partial charge in [0, 0.05) is 12.8 Å². The SMILES string of the molecule is CSCC[C@H](NC(=O)[C@@H](N)CCC(N)=O)C(=O)N[C@H]([C]=O)CCC(=O)O. The minimum Gasteiger partial charge on any atom is -0.481 e. The van der Waals surface area contributed by atoms with Crippen molar-refractivity contribution in [3.8, 4) is 0 Å². The Morgan fingerprint density at radius 1 is 1.08 bits per heavy atom. The quantitative estimate of drug-likeness (QED) is 0.232. The fourth-order valence-corrected chi connectivity index (χ4v) is 2.38. The fourth-order valence-electron chi connectivity index (χ4n) is 1.91. The van der Waals surface area contributed by atoms with Crippen molar-refractivity contribution < 1.29 is 29.1 Å². The molecule has 0 unspecified atom stereocenters. The number of aliphatic carboxylic acids is 1. The molecule has 3 amide bonds. The van der Waals surface area contributed by atoms with Gasteiger partial charge in [0.15, 0.2) is 0 Å². The molecule has 26 heavy (non-hydrogen) atoms. The average molecular weight is 389 g/mol. The van der Waals surface area contributed by atoms with E-state index in [1.165, 1.54) is 11.8 Å². The first-order valence-corrected chi connectivity index (χ1v) is 9.33. The molecule has 0 fully saturated rings. The summed E-state index contributed by atoms with van der Waals surface area (Å²) in [6, 6.07) is -3.04. The highest BCUT2D eigenvalue weighted by atomic mass is 32.2. The Kier molecular flexibility index (Phi) is 12.0. The fraction of sp³-hybridized carbons (Fsp3) is 0.667. The van der Waals surface area contributed by atoms with E-state index in [9.17, 15) is 24.0 Å². The molecule has 0 saturated carbocycles. The number of hydrogen-bond acceptors (Lipinski definition) is 7. The number of nitrogens with two attached hydrogens (primary N) is 2. The number of hydrogen-bond donors (Lipinski definition) is 5. The summed E-state index contributed by atoms with van der Waals surface area (Å²) < 4.78 is 0. The third-order valence-electron chi connectivity index (χ3n) is 3.39. The van der Waals surface area contributed by atoms with Crippen molar-refractivity contribution in [2.24, 2.45) is 11.5 Å². The topological polar surface area (TPSA) is 182 Å². The number of carbonyl (C=O) groups excluding carboxylic acids is 4. The summed E-state index contributed by atoms with van der Waals surface area (Å²) in [6.45, 7) is 0. The molecule has 0 spiro atoms. The van der Waals surface area contributed by atoms with Crippen LogP contribution in [0.4, 0.5) is 0 Å². The second-order valence-corrected chi connectivity index (χ2v) is 6.55. The van der Waals surface area contributed by atoms with Gasteiger partial charge in [-0.1, -0.05) is 0 Å². The highest BCUT2D eigenvalue weighted by molar-refractivity contribution is 7.98. The minimum absolute atomic E-state index is 0.0430. The summed E-state index contributed by atoms with van der Waals surface area (Å²) in [7, 11) is 0. The van der Waals surface area contributed by atoms with Crippen LogP contribution in [0, 0.1) is 0 Å². The molecule has 7 N–H and O–H groups in total. The maximum atomic E-state index is 12.3. The van der Waals surface area contributed by atoms with Gasteiger partial charge in [0.1, 0.15) is 6.04 Å². The van der Waals surface area contributed by atoms with Gasteiger partial charge < -0.3 is 27.2 Å². The van der Waals surface area contributed by atoms with Gasteiger partial charge in [0.05, 0.1) is 12.1 Å². The number of amides is 3. The molecule has 0 saturated heterocycles. The number of rotatable bonds is 14. The molecule has 1 radical (unpaired) electrons. The molecule has 0 aliphatic rings. The lowest BCUT2D eigenvalue weighted by atomic mass is 10.1. The van der Waals surface area contributed by atoms with E-state index in [0.29, 0.717) is 5.75 Å². The normalized spacial score (nSPS) is 13.9. The van der Waals surface area contributed by atoms with Crippen LogP contribution in [0.2, 0.25) is 0 Å². The number of primary amides is 1. The minimum atomic E-state index is -1.10. The maximum Gasteiger partial charge on any atom is 0.303 e. The maximum absolute atomic E-state index is 12.3. The van der Waals surface area contributed by atoms with E-state index in [1.54, 1.807) is 6.29 Å². The number of nitrogens with one attached hydrogen (secondary N) is 2. The van der Waals surface area contributed by atoms with Gasteiger partial charge in [-0.05, 0) is 31.3 Å². The second kappa shape index (κ2) is 13.1. The monoisotopic (exact) mass is 389 g/mol. The first-order chi connectivity index (χ1) is 12.2. The molecule has 0 bridgehead atoms. The lowest BCUT2D eigenvalue weighted by Crippen LogP contribution is -2.53. The van der Waals surface area contributed by atoms with Crippen molar-refractivity contribution in [3.63, 3.8) is 0 Å². The van der Waals surface area contributed by atoms with Gasteiger partial charge in [0.25, 0.3) is 0 Å². The van der Waals surface area contributed by atoms with Gasteiger partial charge in [-0.15, -0.1) is 0 Å². The summed E-state index contributed by atoms with van der Waals surface area (Å²) in [6.07, 6.45) is 3.25. The van der Waals surface area contributed by atoms with E-state index >= 15 is 0 Å². The Bertz CT molecular complexity index is 516. The van der Waals surface area contributed by atoms with Gasteiger partial charge >= 0.3 is 5.97 Å². The first kappa shape index (κ1) is 23.9. The Morgan fingerprint density at radius 2 is 1.73 bits per heavy atom. The Balaban J connectivity index is 4.80. The van der Waals surface area contributed by atoms with E-state index in [4.69, 9.17) is 16.6 Å². The van der Waals surface area contributed by atoms with Crippen LogP contribution in [0.1, 0.15) is 32.1 Å². The van der Waals surface area contributed by atoms with E-state index in [-0.39, 0.29) is 32.1 Å². The highest BCUT2D eigenvalue weighted by Crippen LogP contribution is 2.04. The highest BCUT2D eigenvalue weighted by Gasteiger charge is 2.25. The van der Waals surface area contributed by atoms with Crippen molar-refractivity contribution in [1.29, 1.82) is 0 Å². The molecular formula is C15H25N4O6S. The zero-order chi connectivity index (χ0) is 20.1. The second-order valence-electron chi connectivity index (χ2n) is 5.57. The summed E-state index contributed by atoms with van der Waals surface area (Å²) >= 11 is 1.46. The van der Waals surface area contributed by atoms with E-state index < -0.39 is 41.8 Å². The average Bonchev–Trinajstić information content (AvgIpc) is 2.59.